The molecule has 162 valence electrons. The molecule has 2 heterocycles. The summed E-state index contributed by atoms with van der Waals surface area (Å²) >= 11 is 6.20. The van der Waals surface area contributed by atoms with Gasteiger partial charge in [0.15, 0.2) is 0 Å². The van der Waals surface area contributed by atoms with E-state index in [9.17, 15) is 24.8 Å². The lowest BCUT2D eigenvalue weighted by Crippen LogP contribution is -2.47. The highest BCUT2D eigenvalue weighted by atomic mass is 32.2. The summed E-state index contributed by atoms with van der Waals surface area (Å²) in [6, 6.07) is 6.42. The van der Waals surface area contributed by atoms with E-state index >= 15 is 0 Å². The van der Waals surface area contributed by atoms with E-state index in [0.717, 1.165) is 16.7 Å². The quantitative estimate of drug-likeness (QED) is 0.279. The summed E-state index contributed by atoms with van der Waals surface area (Å²) < 4.78 is 10.9. The van der Waals surface area contributed by atoms with Crippen LogP contribution < -0.4 is 4.74 Å². The summed E-state index contributed by atoms with van der Waals surface area (Å²) in [4.78, 5) is 36.6. The maximum atomic E-state index is 12.8. The summed E-state index contributed by atoms with van der Waals surface area (Å²) in [7, 11) is 1.41. The summed E-state index contributed by atoms with van der Waals surface area (Å²) in [5.41, 5.74) is 0.0663. The number of rotatable bonds is 7. The molecule has 1 amide bonds. The van der Waals surface area contributed by atoms with Crippen LogP contribution in [0.15, 0.2) is 39.7 Å². The first-order chi connectivity index (χ1) is 14.6. The first-order valence-electron chi connectivity index (χ1n) is 9.06. The van der Waals surface area contributed by atoms with Crippen LogP contribution >= 0.6 is 24.0 Å². The first kappa shape index (κ1) is 22.5. The Bertz CT molecular complexity index is 1110. The van der Waals surface area contributed by atoms with Gasteiger partial charge in [0.2, 0.25) is 0 Å². The predicted octanol–water partition coefficient (Wildman–Crippen LogP) is 4.17. The number of thiocarbonyl (C=S) groups is 1. The van der Waals surface area contributed by atoms with Crippen molar-refractivity contribution >= 4 is 51.9 Å². The van der Waals surface area contributed by atoms with Crippen molar-refractivity contribution in [1.82, 2.24) is 4.90 Å². The van der Waals surface area contributed by atoms with Gasteiger partial charge in [0.25, 0.3) is 11.6 Å². The summed E-state index contributed by atoms with van der Waals surface area (Å²) in [6.45, 7) is 3.39. The lowest BCUT2D eigenvalue weighted by Gasteiger charge is -2.26. The molecule has 1 atom stereocenters. The zero-order valence-corrected chi connectivity index (χ0v) is 18.4. The fourth-order valence-electron chi connectivity index (χ4n) is 3.12. The molecule has 0 aliphatic carbocycles. The van der Waals surface area contributed by atoms with Gasteiger partial charge in [-0.15, -0.1) is 0 Å². The van der Waals surface area contributed by atoms with Crippen LogP contribution in [0.3, 0.4) is 0 Å². The van der Waals surface area contributed by atoms with E-state index in [4.69, 9.17) is 21.4 Å². The van der Waals surface area contributed by atoms with Gasteiger partial charge in [-0.1, -0.05) is 37.8 Å². The van der Waals surface area contributed by atoms with Gasteiger partial charge in [-0.2, -0.15) is 0 Å². The van der Waals surface area contributed by atoms with Crippen LogP contribution in [0, 0.1) is 16.0 Å². The molecule has 1 aliphatic rings. The SMILES string of the molecule is COc1ccc(-c2ccc(/C=C3/SC(=S)N(C(C(=O)O)C(C)C)C3=O)o2)c([N+](=O)[O-])c1. The van der Waals surface area contributed by atoms with Crippen molar-refractivity contribution in [1.29, 1.82) is 0 Å². The van der Waals surface area contributed by atoms with Crippen LogP contribution in [-0.4, -0.2) is 44.3 Å². The van der Waals surface area contributed by atoms with Gasteiger partial charge in [-0.25, -0.2) is 4.79 Å². The average Bonchev–Trinajstić information content (AvgIpc) is 3.27. The monoisotopic (exact) mass is 462 g/mol. The molecule has 1 N–H and O–H groups in total. The predicted molar refractivity (Wildman–Crippen MR) is 119 cm³/mol. The second-order valence-electron chi connectivity index (χ2n) is 6.92. The minimum atomic E-state index is -1.14. The highest BCUT2D eigenvalue weighted by molar-refractivity contribution is 8.26. The van der Waals surface area contributed by atoms with E-state index in [1.165, 1.54) is 25.3 Å². The Morgan fingerprint density at radius 2 is 2.06 bits per heavy atom. The van der Waals surface area contributed by atoms with Crippen LogP contribution in [-0.2, 0) is 9.59 Å². The van der Waals surface area contributed by atoms with Gasteiger partial charge in [0.1, 0.15) is 27.6 Å². The fraction of sp³-hybridized carbons (Fsp3) is 0.250. The molecular formula is C20H18N2O7S2. The molecule has 0 spiro atoms. The molecule has 9 nitrogen and oxygen atoms in total. The summed E-state index contributed by atoms with van der Waals surface area (Å²) in [6.07, 6.45) is 1.44. The number of methoxy groups -OCH3 is 1. The van der Waals surface area contributed by atoms with Gasteiger partial charge in [0, 0.05) is 6.08 Å². The Balaban J connectivity index is 1.93. The number of nitro benzene ring substituents is 1. The number of nitrogens with zero attached hydrogens (tertiary/aromatic N) is 2. The number of furan rings is 1. The number of carbonyl (C=O) groups excluding carboxylic acids is 1. The third kappa shape index (κ3) is 4.47. The lowest BCUT2D eigenvalue weighted by molar-refractivity contribution is -0.384. The van der Waals surface area contributed by atoms with E-state index in [1.807, 2.05) is 0 Å². The molecule has 0 bridgehead atoms. The molecule has 0 radical (unpaired) electrons. The van der Waals surface area contributed by atoms with Crippen LogP contribution in [0.5, 0.6) is 5.75 Å². The maximum Gasteiger partial charge on any atom is 0.327 e. The second-order valence-corrected chi connectivity index (χ2v) is 8.60. The number of hydrogen-bond acceptors (Lipinski definition) is 8. The minimum Gasteiger partial charge on any atom is -0.497 e. The number of nitro groups is 1. The summed E-state index contributed by atoms with van der Waals surface area (Å²) in [5, 5.41) is 20.9. The van der Waals surface area contributed by atoms with Crippen molar-refractivity contribution in [2.45, 2.75) is 19.9 Å². The Hall–Kier alpha value is -3.18. The van der Waals surface area contributed by atoms with E-state index < -0.39 is 22.8 Å². The Kier molecular flexibility index (Phi) is 6.46. The fourth-order valence-corrected chi connectivity index (χ4v) is 4.43. The van der Waals surface area contributed by atoms with Crippen LogP contribution in [0.25, 0.3) is 17.4 Å². The first-order valence-corrected chi connectivity index (χ1v) is 10.3. The molecule has 1 fully saturated rings. The number of carbonyl (C=O) groups is 2. The number of benzene rings is 1. The highest BCUT2D eigenvalue weighted by Crippen LogP contribution is 2.38. The molecular weight excluding hydrogens is 444 g/mol. The van der Waals surface area contributed by atoms with Crippen LogP contribution in [0.2, 0.25) is 0 Å². The Labute approximate surface area is 186 Å². The molecule has 2 aromatic rings. The smallest absolute Gasteiger partial charge is 0.327 e. The van der Waals surface area contributed by atoms with Crippen molar-refractivity contribution in [3.05, 3.63) is 51.1 Å². The zero-order valence-electron chi connectivity index (χ0n) is 16.7. The van der Waals surface area contributed by atoms with E-state index in [2.05, 4.69) is 0 Å². The Morgan fingerprint density at radius 3 is 2.65 bits per heavy atom. The van der Waals surface area contributed by atoms with Crippen LogP contribution in [0.4, 0.5) is 5.69 Å². The van der Waals surface area contributed by atoms with Crippen molar-refractivity contribution in [2.24, 2.45) is 5.92 Å². The maximum absolute atomic E-state index is 12.8. The molecule has 31 heavy (non-hydrogen) atoms. The summed E-state index contributed by atoms with van der Waals surface area (Å²) in [5.74, 6) is -1.16. The van der Waals surface area contributed by atoms with Gasteiger partial charge < -0.3 is 14.3 Å². The second kappa shape index (κ2) is 8.90. The van der Waals surface area contributed by atoms with E-state index in [0.29, 0.717) is 5.75 Å². The van der Waals surface area contributed by atoms with Crippen LogP contribution in [0.1, 0.15) is 19.6 Å². The normalized spacial score (nSPS) is 16.3. The van der Waals surface area contributed by atoms with Crippen molar-refractivity contribution in [3.8, 4) is 17.1 Å². The van der Waals surface area contributed by atoms with Crippen molar-refractivity contribution in [2.75, 3.05) is 7.11 Å². The third-order valence-electron chi connectivity index (χ3n) is 4.55. The molecule has 3 rings (SSSR count). The molecule has 1 unspecified atom stereocenters. The van der Waals surface area contributed by atoms with Gasteiger partial charge in [0.05, 0.1) is 28.6 Å². The number of carboxylic acids is 1. The largest absolute Gasteiger partial charge is 0.497 e. The molecule has 1 saturated heterocycles. The standard InChI is InChI=1S/C20H18N2O7S2/c1-10(2)17(19(24)25)21-18(23)16(31-20(21)30)9-12-5-7-15(29-12)13-6-4-11(28-3)8-14(13)22(26)27/h4-10,17H,1-3H3,(H,24,25)/b16-9+. The number of hydrogen-bond donors (Lipinski definition) is 1. The van der Waals surface area contributed by atoms with E-state index in [-0.39, 0.29) is 37.9 Å². The molecule has 11 heteroatoms. The number of amides is 1. The Morgan fingerprint density at radius 1 is 1.35 bits per heavy atom. The van der Waals surface area contributed by atoms with Crippen molar-refractivity contribution in [3.63, 3.8) is 0 Å². The minimum absolute atomic E-state index is 0.148. The van der Waals surface area contributed by atoms with Gasteiger partial charge in [-0.3, -0.25) is 19.8 Å². The number of carboxylic acid groups (broad SMARTS) is 1. The molecule has 1 aromatic heterocycles. The number of ether oxygens (including phenoxy) is 1. The van der Waals surface area contributed by atoms with Crippen molar-refractivity contribution < 1.29 is 28.8 Å². The average molecular weight is 463 g/mol. The number of thioether (sulfide) groups is 1. The molecule has 0 saturated carbocycles. The zero-order chi connectivity index (χ0) is 22.9. The van der Waals surface area contributed by atoms with Gasteiger partial charge in [-0.05, 0) is 30.2 Å². The topological polar surface area (TPSA) is 123 Å². The highest BCUT2D eigenvalue weighted by Gasteiger charge is 2.42. The lowest BCUT2D eigenvalue weighted by atomic mass is 10.0. The third-order valence-corrected chi connectivity index (χ3v) is 5.88. The molecule has 1 aliphatic heterocycles. The molecule has 1 aromatic carbocycles. The van der Waals surface area contributed by atoms with Gasteiger partial charge >= 0.3 is 5.97 Å². The van der Waals surface area contributed by atoms with E-state index in [1.54, 1.807) is 32.0 Å². The number of aliphatic carboxylic acids is 1.